The summed E-state index contributed by atoms with van der Waals surface area (Å²) in [5.74, 6) is 0. The van der Waals surface area contributed by atoms with Crippen LogP contribution in [0, 0.1) is 0 Å². The fourth-order valence-corrected chi connectivity index (χ4v) is 3.39. The monoisotopic (exact) mass is 295 g/mol. The minimum Gasteiger partial charge on any atom is -0.315 e. The van der Waals surface area contributed by atoms with E-state index in [2.05, 4.69) is 40.6 Å². The molecule has 0 saturated heterocycles. The second kappa shape index (κ2) is 6.61. The van der Waals surface area contributed by atoms with Crippen LogP contribution in [0.1, 0.15) is 15.4 Å². The first kappa shape index (κ1) is 13.9. The van der Waals surface area contributed by atoms with E-state index in [4.69, 9.17) is 4.98 Å². The van der Waals surface area contributed by atoms with Gasteiger partial charge in [-0.2, -0.15) is 0 Å². The van der Waals surface area contributed by atoms with Crippen LogP contribution < -0.4 is 5.32 Å². The molecule has 0 radical (unpaired) electrons. The zero-order chi connectivity index (χ0) is 14.5. The Labute approximate surface area is 128 Å². The van der Waals surface area contributed by atoms with Crippen LogP contribution in [0.15, 0.2) is 54.9 Å². The van der Waals surface area contributed by atoms with Gasteiger partial charge in [0.1, 0.15) is 0 Å². The van der Waals surface area contributed by atoms with Crippen LogP contribution in [0.4, 0.5) is 0 Å². The fourth-order valence-electron chi connectivity index (χ4n) is 2.26. The highest BCUT2D eigenvalue weighted by Crippen LogP contribution is 2.29. The lowest BCUT2D eigenvalue weighted by molar-refractivity contribution is 0.831. The molecular weight excluding hydrogens is 278 g/mol. The first-order chi connectivity index (χ1) is 10.4. The van der Waals surface area contributed by atoms with E-state index in [9.17, 15) is 0 Å². The molecule has 0 aliphatic heterocycles. The number of benzene rings is 1. The second-order valence-electron chi connectivity index (χ2n) is 4.81. The van der Waals surface area contributed by atoms with E-state index >= 15 is 0 Å². The number of nitrogens with one attached hydrogen (secondary N) is 1. The molecule has 0 aliphatic rings. The largest absolute Gasteiger partial charge is 0.315 e. The highest BCUT2D eigenvalue weighted by Gasteiger charge is 2.12. The molecule has 0 unspecified atom stereocenters. The van der Waals surface area contributed by atoms with Gasteiger partial charge < -0.3 is 5.32 Å². The molecule has 1 aromatic carbocycles. The van der Waals surface area contributed by atoms with E-state index < -0.39 is 0 Å². The molecule has 3 rings (SSSR count). The Hall–Kier alpha value is -2.04. The molecule has 0 bridgehead atoms. The van der Waals surface area contributed by atoms with Crippen LogP contribution in [0.2, 0.25) is 0 Å². The first-order valence-electron chi connectivity index (χ1n) is 6.94. The van der Waals surface area contributed by atoms with Crippen LogP contribution in [-0.2, 0) is 13.0 Å². The third kappa shape index (κ3) is 3.35. The van der Waals surface area contributed by atoms with E-state index in [0.717, 1.165) is 23.7 Å². The number of pyridine rings is 1. The van der Waals surface area contributed by atoms with Crippen LogP contribution in [-0.4, -0.2) is 17.0 Å². The van der Waals surface area contributed by atoms with Gasteiger partial charge in [0.25, 0.3) is 0 Å². The molecule has 4 heteroatoms. The van der Waals surface area contributed by atoms with E-state index in [1.807, 2.05) is 25.4 Å². The Bertz CT molecular complexity index is 693. The maximum absolute atomic E-state index is 4.85. The maximum atomic E-state index is 4.85. The molecule has 3 nitrogen and oxygen atoms in total. The predicted octanol–water partition coefficient (Wildman–Crippen LogP) is 3.52. The molecule has 0 spiro atoms. The maximum Gasteiger partial charge on any atom is 0.0980 e. The summed E-state index contributed by atoms with van der Waals surface area (Å²) in [4.78, 5) is 10.3. The standard InChI is InChI=1S/C17H17N3S/c1-18-12-15-17(14-7-3-2-4-8-14)20-16(21-15)10-13-6-5-9-19-11-13/h2-9,11,18H,10,12H2,1H3. The first-order valence-corrected chi connectivity index (χ1v) is 7.76. The lowest BCUT2D eigenvalue weighted by atomic mass is 10.1. The van der Waals surface area contributed by atoms with Gasteiger partial charge in [-0.25, -0.2) is 4.98 Å². The van der Waals surface area contributed by atoms with Gasteiger partial charge in [-0.15, -0.1) is 11.3 Å². The Morgan fingerprint density at radius 1 is 1.10 bits per heavy atom. The molecule has 106 valence electrons. The number of hydrogen-bond acceptors (Lipinski definition) is 4. The van der Waals surface area contributed by atoms with Crippen molar-refractivity contribution in [2.45, 2.75) is 13.0 Å². The Morgan fingerprint density at radius 2 is 1.95 bits per heavy atom. The summed E-state index contributed by atoms with van der Waals surface area (Å²) in [5, 5.41) is 4.36. The Morgan fingerprint density at radius 3 is 2.67 bits per heavy atom. The number of aromatic nitrogens is 2. The number of thiazole rings is 1. The molecule has 0 saturated carbocycles. The highest BCUT2D eigenvalue weighted by atomic mass is 32.1. The molecule has 0 atom stereocenters. The van der Waals surface area contributed by atoms with Gasteiger partial charge in [0.2, 0.25) is 0 Å². The van der Waals surface area contributed by atoms with E-state index in [1.165, 1.54) is 16.0 Å². The summed E-state index contributed by atoms with van der Waals surface area (Å²) >= 11 is 1.77. The van der Waals surface area contributed by atoms with Gasteiger partial charge >= 0.3 is 0 Å². The zero-order valence-corrected chi connectivity index (χ0v) is 12.7. The number of hydrogen-bond donors (Lipinski definition) is 1. The van der Waals surface area contributed by atoms with Crippen molar-refractivity contribution in [1.29, 1.82) is 0 Å². The highest BCUT2D eigenvalue weighted by molar-refractivity contribution is 7.12. The molecule has 2 aromatic heterocycles. The van der Waals surface area contributed by atoms with Crippen molar-refractivity contribution in [3.8, 4) is 11.3 Å². The van der Waals surface area contributed by atoms with Gasteiger partial charge in [0.05, 0.1) is 10.7 Å². The SMILES string of the molecule is CNCc1sc(Cc2cccnc2)nc1-c1ccccc1. The van der Waals surface area contributed by atoms with Crippen molar-refractivity contribution in [2.24, 2.45) is 0 Å². The zero-order valence-electron chi connectivity index (χ0n) is 11.9. The average Bonchev–Trinajstić information content (AvgIpc) is 2.92. The van der Waals surface area contributed by atoms with Crippen LogP contribution in [0.3, 0.4) is 0 Å². The molecular formula is C17H17N3S. The Kier molecular flexibility index (Phi) is 4.38. The van der Waals surface area contributed by atoms with Gasteiger partial charge in [-0.05, 0) is 18.7 Å². The summed E-state index contributed by atoms with van der Waals surface area (Å²) < 4.78 is 0. The summed E-state index contributed by atoms with van der Waals surface area (Å²) in [7, 11) is 1.97. The van der Waals surface area contributed by atoms with Crippen LogP contribution in [0.25, 0.3) is 11.3 Å². The third-order valence-electron chi connectivity index (χ3n) is 3.20. The Balaban J connectivity index is 1.93. The van der Waals surface area contributed by atoms with Crippen molar-refractivity contribution in [3.63, 3.8) is 0 Å². The fraction of sp³-hybridized carbons (Fsp3) is 0.176. The van der Waals surface area contributed by atoms with Crippen molar-refractivity contribution in [2.75, 3.05) is 7.05 Å². The van der Waals surface area contributed by atoms with Gasteiger partial charge in [0.15, 0.2) is 0 Å². The normalized spacial score (nSPS) is 10.7. The smallest absolute Gasteiger partial charge is 0.0980 e. The van der Waals surface area contributed by atoms with Gasteiger partial charge in [0, 0.05) is 35.8 Å². The van der Waals surface area contributed by atoms with Crippen molar-refractivity contribution < 1.29 is 0 Å². The summed E-state index contributed by atoms with van der Waals surface area (Å²) in [6.45, 7) is 0.842. The summed E-state index contributed by atoms with van der Waals surface area (Å²) in [6.07, 6.45) is 4.54. The molecule has 0 amide bonds. The number of nitrogens with zero attached hydrogens (tertiary/aromatic N) is 2. The molecule has 0 aliphatic carbocycles. The van der Waals surface area contributed by atoms with Crippen molar-refractivity contribution in [1.82, 2.24) is 15.3 Å². The third-order valence-corrected chi connectivity index (χ3v) is 4.26. The lowest BCUT2D eigenvalue weighted by Crippen LogP contribution is -2.04. The van der Waals surface area contributed by atoms with Crippen molar-refractivity contribution in [3.05, 3.63) is 70.3 Å². The minimum atomic E-state index is 0.835. The average molecular weight is 295 g/mol. The quantitative estimate of drug-likeness (QED) is 0.782. The lowest BCUT2D eigenvalue weighted by Gasteiger charge is -2.00. The molecule has 2 heterocycles. The second-order valence-corrected chi connectivity index (χ2v) is 5.98. The number of rotatable bonds is 5. The van der Waals surface area contributed by atoms with E-state index in [-0.39, 0.29) is 0 Å². The molecule has 1 N–H and O–H groups in total. The molecule has 3 aromatic rings. The van der Waals surface area contributed by atoms with E-state index in [0.29, 0.717) is 0 Å². The van der Waals surface area contributed by atoms with Gasteiger partial charge in [-0.1, -0.05) is 36.4 Å². The summed E-state index contributed by atoms with van der Waals surface area (Å²) in [6, 6.07) is 14.4. The topological polar surface area (TPSA) is 37.8 Å². The summed E-state index contributed by atoms with van der Waals surface area (Å²) in [5.41, 5.74) is 3.46. The minimum absolute atomic E-state index is 0.835. The molecule has 21 heavy (non-hydrogen) atoms. The molecule has 0 fully saturated rings. The van der Waals surface area contributed by atoms with Crippen molar-refractivity contribution >= 4 is 11.3 Å². The van der Waals surface area contributed by atoms with Gasteiger partial charge in [-0.3, -0.25) is 4.98 Å². The van der Waals surface area contributed by atoms with E-state index in [1.54, 1.807) is 17.5 Å². The van der Waals surface area contributed by atoms with Crippen LogP contribution in [0.5, 0.6) is 0 Å². The predicted molar refractivity (Wildman–Crippen MR) is 87.4 cm³/mol. The van der Waals surface area contributed by atoms with Crippen LogP contribution >= 0.6 is 11.3 Å².